The molecule has 0 aliphatic carbocycles. The lowest BCUT2D eigenvalue weighted by Gasteiger charge is -2.16. The van der Waals surface area contributed by atoms with Crippen molar-refractivity contribution in [2.45, 2.75) is 33.0 Å². The molecule has 0 radical (unpaired) electrons. The van der Waals surface area contributed by atoms with Crippen LogP contribution in [0.25, 0.3) is 0 Å². The van der Waals surface area contributed by atoms with E-state index in [1.807, 2.05) is 0 Å². The molecule has 0 fully saturated rings. The third-order valence-corrected chi connectivity index (χ3v) is 3.56. The number of hydrogen-bond acceptors (Lipinski definition) is 5. The molecule has 2 N–H and O–H groups in total. The van der Waals surface area contributed by atoms with Gasteiger partial charge in [0.1, 0.15) is 11.5 Å². The highest BCUT2D eigenvalue weighted by molar-refractivity contribution is 5.94. The molecule has 0 spiro atoms. The highest BCUT2D eigenvalue weighted by atomic mass is 19.4. The van der Waals surface area contributed by atoms with Gasteiger partial charge in [-0.3, -0.25) is 9.59 Å². The van der Waals surface area contributed by atoms with Crippen LogP contribution in [-0.4, -0.2) is 34.6 Å². The monoisotopic (exact) mass is 396 g/mol. The van der Waals surface area contributed by atoms with E-state index in [1.54, 1.807) is 32.0 Å². The number of alkyl halides is 3. The summed E-state index contributed by atoms with van der Waals surface area (Å²) in [5.41, 5.74) is 1.10. The summed E-state index contributed by atoms with van der Waals surface area (Å²) >= 11 is 0. The number of amides is 2. The largest absolute Gasteiger partial charge is 0.468 e. The Morgan fingerprint density at radius 2 is 2.00 bits per heavy atom. The molecule has 2 aromatic heterocycles. The van der Waals surface area contributed by atoms with Crippen LogP contribution in [0.4, 0.5) is 19.0 Å². The first-order valence-corrected chi connectivity index (χ1v) is 8.27. The maximum atomic E-state index is 12.4. The summed E-state index contributed by atoms with van der Waals surface area (Å²) in [4.78, 5) is 31.4. The summed E-state index contributed by atoms with van der Waals surface area (Å²) in [5.74, 6) is -0.664. The molecule has 0 bridgehead atoms. The van der Waals surface area contributed by atoms with Crippen molar-refractivity contribution in [3.05, 3.63) is 47.3 Å². The number of aromatic nitrogens is 2. The number of anilines is 1. The van der Waals surface area contributed by atoms with Crippen LogP contribution in [0.5, 0.6) is 5.88 Å². The third kappa shape index (κ3) is 6.22. The minimum atomic E-state index is -4.45. The van der Waals surface area contributed by atoms with Crippen LogP contribution >= 0.6 is 0 Å². The van der Waals surface area contributed by atoms with Crippen LogP contribution < -0.4 is 15.4 Å². The Morgan fingerprint density at radius 3 is 2.61 bits per heavy atom. The number of halogens is 3. The van der Waals surface area contributed by atoms with Crippen molar-refractivity contribution >= 4 is 17.6 Å². The average molecular weight is 396 g/mol. The first-order valence-electron chi connectivity index (χ1n) is 8.27. The van der Waals surface area contributed by atoms with Crippen molar-refractivity contribution in [3.63, 3.8) is 0 Å². The fourth-order valence-electron chi connectivity index (χ4n) is 2.29. The van der Waals surface area contributed by atoms with Gasteiger partial charge in [-0.1, -0.05) is 6.07 Å². The zero-order valence-corrected chi connectivity index (χ0v) is 15.4. The number of nitrogens with one attached hydrogen (secondary N) is 2. The Labute approximate surface area is 159 Å². The van der Waals surface area contributed by atoms with Crippen molar-refractivity contribution in [3.8, 4) is 5.88 Å². The maximum absolute atomic E-state index is 12.4. The quantitative estimate of drug-likeness (QED) is 0.782. The zero-order valence-electron chi connectivity index (χ0n) is 15.4. The number of hydrogen-bond donors (Lipinski definition) is 2. The van der Waals surface area contributed by atoms with Crippen LogP contribution in [-0.2, 0) is 4.79 Å². The molecule has 0 aromatic carbocycles. The molecular weight excluding hydrogens is 377 g/mol. The molecule has 150 valence electrons. The van der Waals surface area contributed by atoms with E-state index in [2.05, 4.69) is 25.3 Å². The van der Waals surface area contributed by atoms with Gasteiger partial charge in [0.15, 0.2) is 6.61 Å². The lowest BCUT2D eigenvalue weighted by molar-refractivity contribution is -0.154. The van der Waals surface area contributed by atoms with E-state index in [-0.39, 0.29) is 23.3 Å². The average Bonchev–Trinajstić information content (AvgIpc) is 2.59. The number of rotatable bonds is 6. The van der Waals surface area contributed by atoms with Gasteiger partial charge >= 0.3 is 6.18 Å². The van der Waals surface area contributed by atoms with E-state index in [0.29, 0.717) is 11.1 Å². The van der Waals surface area contributed by atoms with Crippen molar-refractivity contribution in [2.24, 2.45) is 0 Å². The lowest BCUT2D eigenvalue weighted by atomic mass is 10.1. The molecule has 2 heterocycles. The number of carbonyl (C=O) groups excluding carboxylic acids is 2. The standard InChI is InChI=1S/C18H19F3N4O3/c1-10-7-13(8-22-17(10)28-9-18(19,20)21)11(2)23-16(27)14-5-4-6-15(25-14)24-12(3)26/h4-8,11H,9H2,1-3H3,(H,23,27)(H,24,25,26). The van der Waals surface area contributed by atoms with Crippen LogP contribution in [0.3, 0.4) is 0 Å². The van der Waals surface area contributed by atoms with Crippen molar-refractivity contribution < 1.29 is 27.5 Å². The lowest BCUT2D eigenvalue weighted by Crippen LogP contribution is -2.28. The Kier molecular flexibility index (Phi) is 6.55. The van der Waals surface area contributed by atoms with Gasteiger partial charge in [0, 0.05) is 18.7 Å². The van der Waals surface area contributed by atoms with Crippen LogP contribution in [0.1, 0.15) is 41.5 Å². The van der Waals surface area contributed by atoms with Crippen molar-refractivity contribution in [1.29, 1.82) is 0 Å². The second-order valence-electron chi connectivity index (χ2n) is 6.08. The van der Waals surface area contributed by atoms with Gasteiger partial charge in [-0.25, -0.2) is 9.97 Å². The molecule has 2 rings (SSSR count). The Morgan fingerprint density at radius 1 is 1.29 bits per heavy atom. The van der Waals surface area contributed by atoms with Crippen molar-refractivity contribution in [2.75, 3.05) is 11.9 Å². The maximum Gasteiger partial charge on any atom is 0.422 e. The van der Waals surface area contributed by atoms with E-state index < -0.39 is 24.7 Å². The molecule has 0 saturated heterocycles. The highest BCUT2D eigenvalue weighted by Gasteiger charge is 2.29. The molecule has 1 unspecified atom stereocenters. The predicted octanol–water partition coefficient (Wildman–Crippen LogP) is 3.18. The van der Waals surface area contributed by atoms with Gasteiger partial charge in [0.05, 0.1) is 6.04 Å². The molecule has 0 aliphatic rings. The van der Waals surface area contributed by atoms with Gasteiger partial charge in [0.25, 0.3) is 5.91 Å². The Balaban J connectivity index is 2.06. The minimum Gasteiger partial charge on any atom is -0.468 e. The Hall–Kier alpha value is -3.17. The van der Waals surface area contributed by atoms with E-state index in [0.717, 1.165) is 0 Å². The van der Waals surface area contributed by atoms with Crippen molar-refractivity contribution in [1.82, 2.24) is 15.3 Å². The minimum absolute atomic E-state index is 0.105. The van der Waals surface area contributed by atoms with Gasteiger partial charge in [-0.15, -0.1) is 0 Å². The summed E-state index contributed by atoms with van der Waals surface area (Å²) in [6.45, 7) is 3.16. The molecule has 7 nitrogen and oxygen atoms in total. The summed E-state index contributed by atoms with van der Waals surface area (Å²) in [6.07, 6.45) is -3.11. The number of ether oxygens (including phenoxy) is 1. The molecule has 0 saturated carbocycles. The zero-order chi connectivity index (χ0) is 20.9. The molecule has 1 atom stereocenters. The summed E-state index contributed by atoms with van der Waals surface area (Å²) in [6, 6.07) is 5.72. The van der Waals surface area contributed by atoms with Crippen LogP contribution in [0, 0.1) is 6.92 Å². The number of aryl methyl sites for hydroxylation is 1. The molecule has 2 aromatic rings. The predicted molar refractivity (Wildman–Crippen MR) is 94.9 cm³/mol. The second kappa shape index (κ2) is 8.68. The third-order valence-electron chi connectivity index (χ3n) is 3.56. The van der Waals surface area contributed by atoms with Gasteiger partial charge in [-0.05, 0) is 37.6 Å². The summed E-state index contributed by atoms with van der Waals surface area (Å²) < 4.78 is 41.4. The summed E-state index contributed by atoms with van der Waals surface area (Å²) in [7, 11) is 0. The molecular formula is C18H19F3N4O3. The fraction of sp³-hybridized carbons (Fsp3) is 0.333. The molecule has 0 aliphatic heterocycles. The summed E-state index contributed by atoms with van der Waals surface area (Å²) in [5, 5.41) is 5.21. The molecule has 28 heavy (non-hydrogen) atoms. The molecule has 2 amide bonds. The van der Waals surface area contributed by atoms with E-state index >= 15 is 0 Å². The van der Waals surface area contributed by atoms with E-state index in [4.69, 9.17) is 0 Å². The fourth-order valence-corrected chi connectivity index (χ4v) is 2.29. The van der Waals surface area contributed by atoms with Gasteiger partial charge in [-0.2, -0.15) is 13.2 Å². The highest BCUT2D eigenvalue weighted by Crippen LogP contribution is 2.22. The van der Waals surface area contributed by atoms with E-state index in [1.165, 1.54) is 19.2 Å². The number of pyridine rings is 2. The van der Waals surface area contributed by atoms with Crippen LogP contribution in [0.15, 0.2) is 30.5 Å². The molecule has 10 heteroatoms. The Bertz CT molecular complexity index is 871. The second-order valence-corrected chi connectivity index (χ2v) is 6.08. The smallest absolute Gasteiger partial charge is 0.422 e. The first kappa shape index (κ1) is 21.1. The van der Waals surface area contributed by atoms with Gasteiger partial charge in [0.2, 0.25) is 11.8 Å². The topological polar surface area (TPSA) is 93.2 Å². The number of nitrogens with zero attached hydrogens (tertiary/aromatic N) is 2. The van der Waals surface area contributed by atoms with Crippen LogP contribution in [0.2, 0.25) is 0 Å². The number of carbonyl (C=O) groups is 2. The van der Waals surface area contributed by atoms with E-state index in [9.17, 15) is 22.8 Å². The first-order chi connectivity index (χ1) is 13.0. The normalized spacial score (nSPS) is 12.2. The SMILES string of the molecule is CC(=O)Nc1cccc(C(=O)NC(C)c2cnc(OCC(F)(F)F)c(C)c2)n1. The van der Waals surface area contributed by atoms with Gasteiger partial charge < -0.3 is 15.4 Å².